The van der Waals surface area contributed by atoms with Crippen LogP contribution in [0.1, 0.15) is 42.4 Å². The number of nitrogens with zero attached hydrogens (tertiary/aromatic N) is 1. The van der Waals surface area contributed by atoms with Gasteiger partial charge in [0.2, 0.25) is 0 Å². The molecule has 0 aliphatic rings. The number of amides is 1. The number of aromatic amines is 1. The van der Waals surface area contributed by atoms with E-state index in [-0.39, 0.29) is 5.56 Å². The number of hydrogen-bond donors (Lipinski definition) is 2. The molecule has 0 spiro atoms. The molecule has 1 aromatic carbocycles. The largest absolute Gasteiger partial charge is 0.478 e. The molecule has 0 radical (unpaired) electrons. The third kappa shape index (κ3) is 4.03. The lowest BCUT2D eigenvalue weighted by molar-refractivity contribution is 0.0283. The van der Waals surface area contributed by atoms with Crippen LogP contribution in [0.4, 0.5) is 4.79 Å². The summed E-state index contributed by atoms with van der Waals surface area (Å²) in [6, 6.07) is 5.35. The van der Waals surface area contributed by atoms with Gasteiger partial charge in [-0.3, -0.25) is 0 Å². The summed E-state index contributed by atoms with van der Waals surface area (Å²) in [6.07, 6.45) is -0.404. The molecule has 2 N–H and O–H groups in total. The lowest BCUT2D eigenvalue weighted by Gasteiger charge is -2.24. The number of aryl methyl sites for hydroxylation is 1. The first-order valence-electron chi connectivity index (χ1n) is 7.36. The number of benzene rings is 1. The first-order valence-corrected chi connectivity index (χ1v) is 7.36. The van der Waals surface area contributed by atoms with Gasteiger partial charge in [-0.25, -0.2) is 9.59 Å². The zero-order chi connectivity index (χ0) is 17.4. The molecule has 6 heteroatoms. The fraction of sp³-hybridized carbons (Fsp3) is 0.412. The number of hydrogen-bond acceptors (Lipinski definition) is 3. The summed E-state index contributed by atoms with van der Waals surface area (Å²) in [6.45, 7) is 7.57. The van der Waals surface area contributed by atoms with Crippen LogP contribution in [-0.4, -0.2) is 39.7 Å². The van der Waals surface area contributed by atoms with Crippen LogP contribution in [-0.2, 0) is 11.3 Å². The Morgan fingerprint density at radius 2 is 1.91 bits per heavy atom. The molecule has 0 bridgehead atoms. The summed E-state index contributed by atoms with van der Waals surface area (Å²) in [4.78, 5) is 27.8. The van der Waals surface area contributed by atoms with Crippen LogP contribution in [0, 0.1) is 6.92 Å². The number of carbonyl (C=O) groups is 2. The molecule has 1 aromatic heterocycles. The van der Waals surface area contributed by atoms with Crippen molar-refractivity contribution in [1.82, 2.24) is 9.88 Å². The number of carboxylic acid groups (broad SMARTS) is 1. The van der Waals surface area contributed by atoms with E-state index in [9.17, 15) is 14.7 Å². The Kier molecular flexibility index (Phi) is 4.36. The average Bonchev–Trinajstić information content (AvgIpc) is 2.76. The highest BCUT2D eigenvalue weighted by Gasteiger charge is 2.20. The second kappa shape index (κ2) is 5.95. The Morgan fingerprint density at radius 3 is 2.48 bits per heavy atom. The minimum absolute atomic E-state index is 0.270. The third-order valence-corrected chi connectivity index (χ3v) is 3.36. The number of nitrogens with one attached hydrogen (secondary N) is 1. The minimum Gasteiger partial charge on any atom is -0.478 e. The molecule has 0 fully saturated rings. The molecule has 0 saturated carbocycles. The normalized spacial score (nSPS) is 11.5. The highest BCUT2D eigenvalue weighted by Crippen LogP contribution is 2.22. The maximum absolute atomic E-state index is 12.0. The van der Waals surface area contributed by atoms with Gasteiger partial charge in [0.15, 0.2) is 0 Å². The molecule has 0 unspecified atom stereocenters. The van der Waals surface area contributed by atoms with E-state index in [2.05, 4.69) is 4.98 Å². The van der Waals surface area contributed by atoms with Gasteiger partial charge in [-0.15, -0.1) is 0 Å². The van der Waals surface area contributed by atoms with Crippen molar-refractivity contribution in [2.45, 2.75) is 39.8 Å². The summed E-state index contributed by atoms with van der Waals surface area (Å²) in [5.41, 5.74) is 1.98. The first kappa shape index (κ1) is 16.9. The number of carboxylic acids is 1. The van der Waals surface area contributed by atoms with Crippen LogP contribution in [0.25, 0.3) is 10.9 Å². The molecule has 1 heterocycles. The van der Waals surface area contributed by atoms with Crippen LogP contribution < -0.4 is 0 Å². The molecule has 1 amide bonds. The number of aromatic nitrogens is 1. The second-order valence-corrected chi connectivity index (χ2v) is 6.69. The Morgan fingerprint density at radius 1 is 1.26 bits per heavy atom. The highest BCUT2D eigenvalue weighted by atomic mass is 16.6. The molecule has 0 atom stereocenters. The summed E-state index contributed by atoms with van der Waals surface area (Å²) in [5, 5.41) is 10.1. The molecule has 23 heavy (non-hydrogen) atoms. The fourth-order valence-electron chi connectivity index (χ4n) is 2.33. The molecule has 2 aromatic rings. The van der Waals surface area contributed by atoms with Gasteiger partial charge in [0.05, 0.1) is 12.1 Å². The van der Waals surface area contributed by atoms with Gasteiger partial charge in [-0.2, -0.15) is 0 Å². The van der Waals surface area contributed by atoms with Crippen molar-refractivity contribution in [3.8, 4) is 0 Å². The van der Waals surface area contributed by atoms with Gasteiger partial charge in [0.1, 0.15) is 5.60 Å². The Hall–Kier alpha value is -2.50. The monoisotopic (exact) mass is 318 g/mol. The molecule has 0 saturated heterocycles. The molecule has 0 aliphatic carbocycles. The number of H-pyrrole nitrogens is 1. The van der Waals surface area contributed by atoms with Gasteiger partial charge in [-0.1, -0.05) is 0 Å². The smallest absolute Gasteiger partial charge is 0.410 e. The lowest BCUT2D eigenvalue weighted by Crippen LogP contribution is -2.33. The van der Waals surface area contributed by atoms with E-state index in [4.69, 9.17) is 4.74 Å². The van der Waals surface area contributed by atoms with Crippen molar-refractivity contribution in [1.29, 1.82) is 0 Å². The summed E-state index contributed by atoms with van der Waals surface area (Å²) >= 11 is 0. The second-order valence-electron chi connectivity index (χ2n) is 6.69. The maximum atomic E-state index is 12.0. The molecule has 0 aliphatic heterocycles. The highest BCUT2D eigenvalue weighted by molar-refractivity contribution is 5.95. The first-order chi connectivity index (χ1) is 10.6. The molecule has 124 valence electrons. The Balaban J connectivity index is 2.21. The quantitative estimate of drug-likeness (QED) is 0.906. The molecule has 6 nitrogen and oxygen atoms in total. The van der Waals surface area contributed by atoms with Crippen molar-refractivity contribution < 1.29 is 19.4 Å². The lowest BCUT2D eigenvalue weighted by atomic mass is 10.1. The summed E-state index contributed by atoms with van der Waals surface area (Å²) < 4.78 is 5.31. The third-order valence-electron chi connectivity index (χ3n) is 3.36. The summed E-state index contributed by atoms with van der Waals surface area (Å²) in [7, 11) is 1.66. The Bertz CT molecular complexity index is 756. The van der Waals surface area contributed by atoms with Gasteiger partial charge in [0, 0.05) is 23.6 Å². The van der Waals surface area contributed by atoms with E-state index >= 15 is 0 Å². The van der Waals surface area contributed by atoms with Gasteiger partial charge < -0.3 is 19.7 Å². The number of aromatic carboxylic acids is 1. The van der Waals surface area contributed by atoms with Crippen LogP contribution in [0.5, 0.6) is 0 Å². The standard InChI is InChI=1S/C17H22N2O4/c1-10-6-11-7-12(18-14(11)8-13(10)15(20)21)9-19(5)16(22)23-17(2,3)4/h6-8,18H,9H2,1-5H3,(H,20,21). The average molecular weight is 318 g/mol. The van der Waals surface area contributed by atoms with Gasteiger partial charge in [0.25, 0.3) is 0 Å². The zero-order valence-corrected chi connectivity index (χ0v) is 14.1. The SMILES string of the molecule is Cc1cc2cc(CN(C)C(=O)OC(C)(C)C)[nH]c2cc1C(=O)O. The van der Waals surface area contributed by atoms with E-state index in [1.165, 1.54) is 4.90 Å². The molecular formula is C17H22N2O4. The van der Waals surface area contributed by atoms with Crippen molar-refractivity contribution >= 4 is 23.0 Å². The van der Waals surface area contributed by atoms with Gasteiger partial charge >= 0.3 is 12.1 Å². The minimum atomic E-state index is -0.952. The van der Waals surface area contributed by atoms with Crippen molar-refractivity contribution in [3.63, 3.8) is 0 Å². The van der Waals surface area contributed by atoms with E-state index in [0.29, 0.717) is 12.1 Å². The van der Waals surface area contributed by atoms with E-state index in [1.54, 1.807) is 20.0 Å². The van der Waals surface area contributed by atoms with Crippen molar-refractivity contribution in [2.75, 3.05) is 7.05 Å². The van der Waals surface area contributed by atoms with Crippen LogP contribution in [0.3, 0.4) is 0 Å². The molecular weight excluding hydrogens is 296 g/mol. The van der Waals surface area contributed by atoms with Gasteiger partial charge in [-0.05, 0) is 51.5 Å². The fourth-order valence-corrected chi connectivity index (χ4v) is 2.33. The summed E-state index contributed by atoms with van der Waals surface area (Å²) in [5.74, 6) is -0.952. The Labute approximate surface area is 135 Å². The number of rotatable bonds is 3. The maximum Gasteiger partial charge on any atom is 0.410 e. The van der Waals surface area contributed by atoms with Crippen molar-refractivity contribution in [3.05, 3.63) is 35.0 Å². The van der Waals surface area contributed by atoms with E-state index < -0.39 is 17.7 Å². The predicted molar refractivity (Wildman–Crippen MR) is 87.7 cm³/mol. The number of carbonyl (C=O) groups excluding carboxylic acids is 1. The van der Waals surface area contributed by atoms with Crippen LogP contribution >= 0.6 is 0 Å². The number of ether oxygens (including phenoxy) is 1. The van der Waals surface area contributed by atoms with E-state index in [0.717, 1.165) is 16.6 Å². The predicted octanol–water partition coefficient (Wildman–Crippen LogP) is 3.54. The number of fused-ring (bicyclic) bond motifs is 1. The molecule has 2 rings (SSSR count). The van der Waals surface area contributed by atoms with Crippen molar-refractivity contribution in [2.24, 2.45) is 0 Å². The van der Waals surface area contributed by atoms with Crippen LogP contribution in [0.2, 0.25) is 0 Å². The van der Waals surface area contributed by atoms with E-state index in [1.807, 2.05) is 32.9 Å². The van der Waals surface area contributed by atoms with Crippen LogP contribution in [0.15, 0.2) is 18.2 Å². The zero-order valence-electron chi connectivity index (χ0n) is 14.1. The topological polar surface area (TPSA) is 82.6 Å².